The Hall–Kier alpha value is -2.89. The highest BCUT2D eigenvalue weighted by molar-refractivity contribution is 7.80. The Balaban J connectivity index is 1.97. The summed E-state index contributed by atoms with van der Waals surface area (Å²) in [6.45, 7) is 0. The zero-order valence-electron chi connectivity index (χ0n) is 16.2. The molecule has 5 heteroatoms. The molecule has 0 fully saturated rings. The summed E-state index contributed by atoms with van der Waals surface area (Å²) in [4.78, 5) is 0. The molecule has 142 valence electrons. The van der Waals surface area contributed by atoms with E-state index in [4.69, 9.17) is 27.4 Å². The number of quaternary nitrogens is 1. The zero-order chi connectivity index (χ0) is 19.9. The highest BCUT2D eigenvalue weighted by atomic mass is 32.1. The lowest BCUT2D eigenvalue weighted by Gasteiger charge is -2.32. The molecule has 1 atom stereocenters. The number of fused-ring (bicyclic) bond motifs is 3. The van der Waals surface area contributed by atoms with Gasteiger partial charge in [-0.1, -0.05) is 36.4 Å². The van der Waals surface area contributed by atoms with Crippen molar-refractivity contribution in [3.63, 3.8) is 0 Å². The summed E-state index contributed by atoms with van der Waals surface area (Å²) >= 11 is 5.29. The third-order valence-electron chi connectivity index (χ3n) is 5.34. The molecule has 0 aliphatic carbocycles. The number of benzene rings is 3. The summed E-state index contributed by atoms with van der Waals surface area (Å²) in [7, 11) is 5.65. The van der Waals surface area contributed by atoms with E-state index in [1.165, 1.54) is 0 Å². The van der Waals surface area contributed by atoms with Gasteiger partial charge in [-0.2, -0.15) is 0 Å². The molecule has 1 aliphatic heterocycles. The van der Waals surface area contributed by atoms with Crippen molar-refractivity contribution < 1.29 is 9.47 Å². The fraction of sp³-hybridized carbons (Fsp3) is 0.174. The van der Waals surface area contributed by atoms with Gasteiger partial charge in [0, 0.05) is 29.9 Å². The van der Waals surface area contributed by atoms with E-state index in [-0.39, 0.29) is 6.10 Å². The van der Waals surface area contributed by atoms with Crippen LogP contribution >= 0.6 is 12.2 Å². The summed E-state index contributed by atoms with van der Waals surface area (Å²) < 4.78 is 12.4. The van der Waals surface area contributed by atoms with Crippen molar-refractivity contribution in [2.75, 3.05) is 21.2 Å². The molecule has 0 saturated carbocycles. The molecule has 3 aromatic rings. The first kappa shape index (κ1) is 18.5. The van der Waals surface area contributed by atoms with Crippen LogP contribution in [0.4, 0.5) is 5.69 Å². The van der Waals surface area contributed by atoms with E-state index >= 15 is 0 Å². The van der Waals surface area contributed by atoms with Crippen LogP contribution in [-0.4, -0.2) is 26.3 Å². The van der Waals surface area contributed by atoms with E-state index in [0.717, 1.165) is 39.4 Å². The number of ether oxygens (including phenoxy) is 2. The fourth-order valence-electron chi connectivity index (χ4n) is 3.58. The Labute approximate surface area is 170 Å². The maximum absolute atomic E-state index is 6.46. The van der Waals surface area contributed by atoms with Crippen molar-refractivity contribution in [3.8, 4) is 22.6 Å². The zero-order valence-corrected chi connectivity index (χ0v) is 17.0. The predicted molar refractivity (Wildman–Crippen MR) is 118 cm³/mol. The van der Waals surface area contributed by atoms with Crippen LogP contribution in [0.15, 0.2) is 66.7 Å². The number of thiocarbonyl (C=S) groups is 1. The molecule has 0 spiro atoms. The van der Waals surface area contributed by atoms with Gasteiger partial charge in [0.2, 0.25) is 0 Å². The Morgan fingerprint density at radius 2 is 1.79 bits per heavy atom. The number of nitrogens with zero attached hydrogens (tertiary/aromatic N) is 1. The van der Waals surface area contributed by atoms with E-state index in [1.807, 2.05) is 50.5 Å². The van der Waals surface area contributed by atoms with Crippen LogP contribution in [0.25, 0.3) is 11.1 Å². The lowest BCUT2D eigenvalue weighted by Crippen LogP contribution is -2.50. The first-order valence-corrected chi connectivity index (χ1v) is 9.51. The second kappa shape index (κ2) is 6.93. The maximum atomic E-state index is 6.46. The van der Waals surface area contributed by atoms with Crippen LogP contribution in [0, 0.1) is 0 Å². The molecule has 0 aromatic heterocycles. The largest absolute Gasteiger partial charge is 0.496 e. The molecular formula is C23H23N2O2S+. The van der Waals surface area contributed by atoms with Crippen molar-refractivity contribution >= 4 is 23.0 Å². The van der Waals surface area contributed by atoms with Gasteiger partial charge in [-0.15, -0.1) is 0 Å². The molecule has 1 aliphatic rings. The van der Waals surface area contributed by atoms with Crippen LogP contribution in [0.3, 0.4) is 0 Å². The number of nitrogens with two attached hydrogens (primary N) is 1. The lowest BCUT2D eigenvalue weighted by atomic mass is 9.88. The highest BCUT2D eigenvalue weighted by Crippen LogP contribution is 2.49. The summed E-state index contributed by atoms with van der Waals surface area (Å²) in [5.74, 6) is 1.61. The van der Waals surface area contributed by atoms with E-state index < -0.39 is 0 Å². The van der Waals surface area contributed by atoms with E-state index in [1.54, 1.807) is 7.11 Å². The van der Waals surface area contributed by atoms with Crippen LogP contribution in [0.1, 0.15) is 17.2 Å². The third-order valence-corrected chi connectivity index (χ3v) is 5.79. The SMILES string of the molecule is COc1cccc2c1-c1ccc([N+](C)(C)C(N)=S)cc1C(c1ccccc1)O2. The van der Waals surface area contributed by atoms with Gasteiger partial charge >= 0.3 is 0 Å². The predicted octanol–water partition coefficient (Wildman–Crippen LogP) is 4.65. The van der Waals surface area contributed by atoms with Crippen LogP contribution < -0.4 is 19.7 Å². The van der Waals surface area contributed by atoms with Crippen molar-refractivity contribution in [1.29, 1.82) is 0 Å². The van der Waals surface area contributed by atoms with Crippen molar-refractivity contribution in [3.05, 3.63) is 77.9 Å². The second-order valence-corrected chi connectivity index (χ2v) is 7.72. The Morgan fingerprint density at radius 3 is 2.46 bits per heavy atom. The average molecular weight is 392 g/mol. The van der Waals surface area contributed by atoms with Gasteiger partial charge in [0.1, 0.15) is 23.3 Å². The van der Waals surface area contributed by atoms with Crippen LogP contribution in [0.2, 0.25) is 0 Å². The standard InChI is InChI=1S/C23H22N2O2S/c1-25(2,23(24)28)16-12-13-17-18(14-16)22(15-8-5-4-6-9-15)27-20-11-7-10-19(26-3)21(17)20/h4-14,22H,1-3H3,(H-,24,28)/p+1. The minimum Gasteiger partial charge on any atom is -0.496 e. The summed E-state index contributed by atoms with van der Waals surface area (Å²) in [5.41, 5.74) is 11.2. The number of rotatable bonds is 3. The molecule has 4 nitrogen and oxygen atoms in total. The molecule has 2 N–H and O–H groups in total. The molecule has 1 heterocycles. The smallest absolute Gasteiger partial charge is 0.272 e. The number of methoxy groups -OCH3 is 1. The van der Waals surface area contributed by atoms with Crippen molar-refractivity contribution in [2.45, 2.75) is 6.10 Å². The van der Waals surface area contributed by atoms with Gasteiger partial charge in [0.05, 0.1) is 26.8 Å². The van der Waals surface area contributed by atoms with E-state index in [0.29, 0.717) is 9.60 Å². The minimum absolute atomic E-state index is 0.220. The lowest BCUT2D eigenvalue weighted by molar-refractivity contribution is 0.242. The molecule has 0 bridgehead atoms. The number of hydrogen-bond donors (Lipinski definition) is 1. The average Bonchev–Trinajstić information content (AvgIpc) is 2.72. The first-order chi connectivity index (χ1) is 13.4. The Bertz CT molecular complexity index is 1050. The molecular weight excluding hydrogens is 368 g/mol. The normalized spacial score (nSPS) is 15.2. The second-order valence-electron chi connectivity index (χ2n) is 7.31. The van der Waals surface area contributed by atoms with E-state index in [2.05, 4.69) is 30.3 Å². The van der Waals surface area contributed by atoms with Gasteiger partial charge in [-0.3, -0.25) is 0 Å². The minimum atomic E-state index is -0.220. The van der Waals surface area contributed by atoms with Crippen molar-refractivity contribution in [1.82, 2.24) is 4.48 Å². The number of hydrogen-bond acceptors (Lipinski definition) is 3. The Kier molecular flexibility index (Phi) is 4.57. The fourth-order valence-corrected chi connectivity index (χ4v) is 3.69. The molecule has 28 heavy (non-hydrogen) atoms. The van der Waals surface area contributed by atoms with E-state index in [9.17, 15) is 0 Å². The monoisotopic (exact) mass is 391 g/mol. The third kappa shape index (κ3) is 2.93. The molecule has 0 amide bonds. The molecule has 0 saturated heterocycles. The van der Waals surface area contributed by atoms with Crippen molar-refractivity contribution in [2.24, 2.45) is 5.73 Å². The van der Waals surface area contributed by atoms with Crippen LogP contribution in [-0.2, 0) is 0 Å². The van der Waals surface area contributed by atoms with Gasteiger partial charge in [0.15, 0.2) is 0 Å². The molecule has 3 aromatic carbocycles. The van der Waals surface area contributed by atoms with Crippen LogP contribution in [0.5, 0.6) is 11.5 Å². The van der Waals surface area contributed by atoms with Gasteiger partial charge in [0.25, 0.3) is 5.11 Å². The quantitative estimate of drug-likeness (QED) is 0.521. The summed E-state index contributed by atoms with van der Waals surface area (Å²) in [6.07, 6.45) is -0.220. The summed E-state index contributed by atoms with van der Waals surface area (Å²) in [5, 5.41) is 0.408. The molecule has 4 rings (SSSR count). The van der Waals surface area contributed by atoms with Gasteiger partial charge in [-0.25, -0.2) is 4.48 Å². The Morgan fingerprint density at radius 1 is 1.04 bits per heavy atom. The molecule has 1 unspecified atom stereocenters. The maximum Gasteiger partial charge on any atom is 0.272 e. The molecule has 0 radical (unpaired) electrons. The topological polar surface area (TPSA) is 44.5 Å². The first-order valence-electron chi connectivity index (χ1n) is 9.11. The van der Waals surface area contributed by atoms with Gasteiger partial charge in [-0.05, 0) is 29.3 Å². The highest BCUT2D eigenvalue weighted by Gasteiger charge is 2.32. The van der Waals surface area contributed by atoms with Gasteiger partial charge < -0.3 is 15.2 Å². The summed E-state index contributed by atoms with van der Waals surface area (Å²) in [6, 6.07) is 22.4.